The highest BCUT2D eigenvalue weighted by Crippen LogP contribution is 2.07. The van der Waals surface area contributed by atoms with E-state index in [4.69, 9.17) is 0 Å². The molecule has 39 valence electrons. The molecule has 0 aromatic heterocycles. The summed E-state index contributed by atoms with van der Waals surface area (Å²) in [7, 11) is 0. The Bertz CT molecular complexity index is 90.1. The lowest BCUT2D eigenvalue weighted by atomic mass is 10.1. The molecule has 2 nitrogen and oxygen atoms in total. The number of carbonyl (C=O) groups excluding carboxylic acids is 1. The molecule has 1 amide bonds. The molecule has 1 unspecified atom stereocenters. The highest BCUT2D eigenvalue weighted by molar-refractivity contribution is 5.79. The minimum absolute atomic E-state index is 0.0833. The smallest absolute Gasteiger partial charge is 0.244 e. The van der Waals surface area contributed by atoms with E-state index in [0.717, 1.165) is 13.0 Å². The van der Waals surface area contributed by atoms with Crippen molar-refractivity contribution in [3.05, 3.63) is 0 Å². The second-order valence-corrected chi connectivity index (χ2v) is 1.91. The summed E-state index contributed by atoms with van der Waals surface area (Å²) in [6, 6.07) is 0. The Kier molecular flexibility index (Phi) is 1.01. The minimum Gasteiger partial charge on any atom is -0.273 e. The molecule has 0 spiro atoms. The number of carbonyl (C=O) groups is 1. The standard InChI is InChI=1S/C5H8NO/c1-4-2-3-6-5(4)7/h4H,2-3H2,1H3. The molecule has 0 saturated carbocycles. The minimum atomic E-state index is 0.0833. The predicted molar refractivity (Wildman–Crippen MR) is 25.8 cm³/mol. The van der Waals surface area contributed by atoms with Crippen molar-refractivity contribution in [2.24, 2.45) is 5.92 Å². The zero-order chi connectivity index (χ0) is 5.28. The van der Waals surface area contributed by atoms with Gasteiger partial charge >= 0.3 is 0 Å². The van der Waals surface area contributed by atoms with Gasteiger partial charge < -0.3 is 0 Å². The van der Waals surface area contributed by atoms with Crippen molar-refractivity contribution in [1.82, 2.24) is 5.32 Å². The maximum absolute atomic E-state index is 10.4. The van der Waals surface area contributed by atoms with Gasteiger partial charge in [0.25, 0.3) is 0 Å². The van der Waals surface area contributed by atoms with E-state index in [2.05, 4.69) is 5.32 Å². The molecule has 1 heterocycles. The lowest BCUT2D eigenvalue weighted by molar-refractivity contribution is -0.122. The van der Waals surface area contributed by atoms with Crippen LogP contribution in [0, 0.1) is 5.92 Å². The normalized spacial score (nSPS) is 30.4. The molecule has 1 atom stereocenters. The Morgan fingerprint density at radius 3 is 2.71 bits per heavy atom. The Balaban J connectivity index is 2.48. The average Bonchev–Trinajstić information content (AvgIpc) is 1.91. The summed E-state index contributed by atoms with van der Waals surface area (Å²) in [4.78, 5) is 10.4. The lowest BCUT2D eigenvalue weighted by Crippen LogP contribution is -2.09. The molecule has 0 aromatic carbocycles. The van der Waals surface area contributed by atoms with E-state index >= 15 is 0 Å². The van der Waals surface area contributed by atoms with Crippen molar-refractivity contribution in [3.63, 3.8) is 0 Å². The molecular weight excluding hydrogens is 90.1 g/mol. The Morgan fingerprint density at radius 1 is 1.86 bits per heavy atom. The van der Waals surface area contributed by atoms with Crippen LogP contribution in [0.25, 0.3) is 0 Å². The van der Waals surface area contributed by atoms with Crippen LogP contribution in [0.2, 0.25) is 0 Å². The van der Waals surface area contributed by atoms with Crippen molar-refractivity contribution in [3.8, 4) is 0 Å². The Morgan fingerprint density at radius 2 is 2.57 bits per heavy atom. The van der Waals surface area contributed by atoms with Gasteiger partial charge in [-0.1, -0.05) is 6.92 Å². The van der Waals surface area contributed by atoms with Crippen molar-refractivity contribution >= 4 is 5.91 Å². The van der Waals surface area contributed by atoms with Gasteiger partial charge in [-0.05, 0) is 6.42 Å². The van der Waals surface area contributed by atoms with Gasteiger partial charge in [0.05, 0.1) is 0 Å². The van der Waals surface area contributed by atoms with E-state index in [9.17, 15) is 4.79 Å². The van der Waals surface area contributed by atoms with E-state index in [0.29, 0.717) is 0 Å². The third kappa shape index (κ3) is 0.734. The molecule has 0 bridgehead atoms. The van der Waals surface area contributed by atoms with Crippen molar-refractivity contribution in [2.45, 2.75) is 13.3 Å². The lowest BCUT2D eigenvalue weighted by Gasteiger charge is -1.88. The summed E-state index contributed by atoms with van der Waals surface area (Å²) in [5, 5.41) is 3.68. The zero-order valence-corrected chi connectivity index (χ0v) is 4.35. The number of rotatable bonds is 0. The van der Waals surface area contributed by atoms with Crippen molar-refractivity contribution < 1.29 is 4.79 Å². The monoisotopic (exact) mass is 98.1 g/mol. The number of hydrogen-bond donors (Lipinski definition) is 0. The highest BCUT2D eigenvalue weighted by Gasteiger charge is 2.19. The Labute approximate surface area is 42.9 Å². The number of nitrogens with zero attached hydrogens (tertiary/aromatic N) is 1. The second kappa shape index (κ2) is 1.52. The van der Waals surface area contributed by atoms with Crippen LogP contribution in [0.1, 0.15) is 13.3 Å². The third-order valence-corrected chi connectivity index (χ3v) is 1.25. The van der Waals surface area contributed by atoms with Crippen LogP contribution in [-0.2, 0) is 4.79 Å². The summed E-state index contributed by atoms with van der Waals surface area (Å²) < 4.78 is 0. The molecule has 1 saturated heterocycles. The summed E-state index contributed by atoms with van der Waals surface area (Å²) in [5.41, 5.74) is 0. The van der Waals surface area contributed by atoms with Crippen molar-refractivity contribution in [2.75, 3.05) is 6.54 Å². The summed E-state index contributed by atoms with van der Waals surface area (Å²) in [5.74, 6) is 0.292. The van der Waals surface area contributed by atoms with E-state index < -0.39 is 0 Å². The first-order valence-corrected chi connectivity index (χ1v) is 2.52. The first-order chi connectivity index (χ1) is 3.30. The molecule has 1 rings (SSSR count). The van der Waals surface area contributed by atoms with Gasteiger partial charge in [-0.25, -0.2) is 0 Å². The van der Waals surface area contributed by atoms with Gasteiger partial charge in [-0.15, -0.1) is 0 Å². The summed E-state index contributed by atoms with van der Waals surface area (Å²) in [6.07, 6.45) is 0.957. The topological polar surface area (TPSA) is 31.2 Å². The van der Waals surface area contributed by atoms with Crippen LogP contribution in [0.15, 0.2) is 0 Å². The molecule has 1 aliphatic heterocycles. The van der Waals surface area contributed by atoms with Gasteiger partial charge in [-0.3, -0.25) is 10.1 Å². The largest absolute Gasteiger partial charge is 0.273 e. The molecular formula is C5H8NO. The van der Waals surface area contributed by atoms with E-state index in [-0.39, 0.29) is 11.8 Å². The maximum atomic E-state index is 10.4. The van der Waals surface area contributed by atoms with Crippen LogP contribution in [-0.4, -0.2) is 12.5 Å². The van der Waals surface area contributed by atoms with E-state index in [1.807, 2.05) is 6.92 Å². The van der Waals surface area contributed by atoms with Crippen LogP contribution in [0.4, 0.5) is 0 Å². The van der Waals surface area contributed by atoms with Gasteiger partial charge in [0.1, 0.15) is 0 Å². The van der Waals surface area contributed by atoms with Crippen LogP contribution in [0.3, 0.4) is 0 Å². The fourth-order valence-electron chi connectivity index (χ4n) is 0.648. The zero-order valence-electron chi connectivity index (χ0n) is 4.35. The van der Waals surface area contributed by atoms with Gasteiger partial charge in [0.15, 0.2) is 0 Å². The van der Waals surface area contributed by atoms with E-state index in [1.54, 1.807) is 0 Å². The fourth-order valence-corrected chi connectivity index (χ4v) is 0.648. The SMILES string of the molecule is CC1CC[N]C1=O. The number of amides is 1. The van der Waals surface area contributed by atoms with Crippen LogP contribution in [0.5, 0.6) is 0 Å². The first-order valence-electron chi connectivity index (χ1n) is 2.52. The van der Waals surface area contributed by atoms with Crippen LogP contribution >= 0.6 is 0 Å². The average molecular weight is 98.1 g/mol. The summed E-state index contributed by atoms with van der Waals surface area (Å²) in [6.45, 7) is 2.67. The maximum Gasteiger partial charge on any atom is 0.244 e. The molecule has 7 heavy (non-hydrogen) atoms. The predicted octanol–water partition coefficient (Wildman–Crippen LogP) is 0.157. The second-order valence-electron chi connectivity index (χ2n) is 1.91. The van der Waals surface area contributed by atoms with Gasteiger partial charge in [-0.2, -0.15) is 0 Å². The molecule has 0 aliphatic carbocycles. The fraction of sp³-hybridized carbons (Fsp3) is 0.800. The summed E-state index contributed by atoms with van der Waals surface area (Å²) >= 11 is 0. The molecule has 1 radical (unpaired) electrons. The molecule has 1 fully saturated rings. The molecule has 1 aliphatic rings. The first kappa shape index (κ1) is 4.62. The van der Waals surface area contributed by atoms with Gasteiger partial charge in [0, 0.05) is 12.5 Å². The van der Waals surface area contributed by atoms with Crippen LogP contribution < -0.4 is 5.32 Å². The number of hydrogen-bond acceptors (Lipinski definition) is 1. The van der Waals surface area contributed by atoms with Crippen molar-refractivity contribution in [1.29, 1.82) is 0 Å². The van der Waals surface area contributed by atoms with E-state index in [1.165, 1.54) is 0 Å². The molecule has 0 aromatic rings. The molecule has 2 heteroatoms. The van der Waals surface area contributed by atoms with Gasteiger partial charge in [0.2, 0.25) is 5.91 Å². The quantitative estimate of drug-likeness (QED) is 0.424. The molecule has 0 N–H and O–H groups in total. The highest BCUT2D eigenvalue weighted by atomic mass is 16.2. The third-order valence-electron chi connectivity index (χ3n) is 1.25. The Hall–Kier alpha value is -0.530.